The number of carbonyl (C=O) groups excluding carboxylic acids is 1. The van der Waals surface area contributed by atoms with Crippen molar-refractivity contribution >= 4 is 28.9 Å². The molecule has 0 aliphatic carbocycles. The Morgan fingerprint density at radius 2 is 2.23 bits per heavy atom. The molecule has 6 heteroatoms. The first-order valence-corrected chi connectivity index (χ1v) is 8.17. The quantitative estimate of drug-likeness (QED) is 0.798. The van der Waals surface area contributed by atoms with Gasteiger partial charge in [0, 0.05) is 16.4 Å². The van der Waals surface area contributed by atoms with E-state index in [1.54, 1.807) is 17.4 Å². The number of rotatable bonds is 4. The summed E-state index contributed by atoms with van der Waals surface area (Å²) in [6.45, 7) is 0.999. The average molecular weight is 338 g/mol. The predicted octanol–water partition coefficient (Wildman–Crippen LogP) is 3.65. The number of ether oxygens (including phenoxy) is 2. The molecule has 4 nitrogen and oxygen atoms in total. The van der Waals surface area contributed by atoms with Gasteiger partial charge in [-0.05, 0) is 23.1 Å². The Hall–Kier alpha value is -1.40. The van der Waals surface area contributed by atoms with E-state index in [0.717, 1.165) is 10.4 Å². The highest BCUT2D eigenvalue weighted by atomic mass is 35.5. The van der Waals surface area contributed by atoms with E-state index in [1.807, 2.05) is 40.6 Å². The third kappa shape index (κ3) is 3.03. The van der Waals surface area contributed by atoms with E-state index in [1.165, 1.54) is 7.11 Å². The van der Waals surface area contributed by atoms with Gasteiger partial charge in [0.2, 0.25) is 0 Å². The number of benzene rings is 1. The van der Waals surface area contributed by atoms with Gasteiger partial charge in [-0.1, -0.05) is 35.9 Å². The number of hydrogen-bond donors (Lipinski definition) is 0. The van der Waals surface area contributed by atoms with Gasteiger partial charge in [-0.25, -0.2) is 4.79 Å². The second-order valence-corrected chi connectivity index (χ2v) is 6.40. The second kappa shape index (κ2) is 6.79. The van der Waals surface area contributed by atoms with Gasteiger partial charge >= 0.3 is 5.97 Å². The summed E-state index contributed by atoms with van der Waals surface area (Å²) in [4.78, 5) is 15.4. The van der Waals surface area contributed by atoms with Gasteiger partial charge in [0.05, 0.1) is 7.11 Å². The zero-order valence-electron chi connectivity index (χ0n) is 12.1. The lowest BCUT2D eigenvalue weighted by Crippen LogP contribution is -2.33. The van der Waals surface area contributed by atoms with Crippen molar-refractivity contribution in [3.63, 3.8) is 0 Å². The number of hydrogen-bond acceptors (Lipinski definition) is 5. The van der Waals surface area contributed by atoms with E-state index in [0.29, 0.717) is 18.3 Å². The van der Waals surface area contributed by atoms with Gasteiger partial charge < -0.3 is 9.47 Å². The fraction of sp³-hybridized carbons (Fsp3) is 0.312. The van der Waals surface area contributed by atoms with Crippen LogP contribution in [-0.2, 0) is 14.3 Å². The molecule has 1 fully saturated rings. The second-order valence-electron chi connectivity index (χ2n) is 5.02. The van der Waals surface area contributed by atoms with Gasteiger partial charge in [0.15, 0.2) is 0 Å². The summed E-state index contributed by atoms with van der Waals surface area (Å²) in [7, 11) is 1.39. The molecule has 0 spiro atoms. The molecule has 22 heavy (non-hydrogen) atoms. The van der Waals surface area contributed by atoms with Crippen molar-refractivity contribution in [2.24, 2.45) is 0 Å². The molecule has 0 saturated carbocycles. The third-order valence-electron chi connectivity index (χ3n) is 3.69. The maximum absolute atomic E-state index is 12.3. The lowest BCUT2D eigenvalue weighted by atomic mass is 10.1. The van der Waals surface area contributed by atoms with Crippen molar-refractivity contribution in [3.8, 4) is 0 Å². The van der Waals surface area contributed by atoms with Crippen LogP contribution in [0.2, 0.25) is 5.02 Å². The Balaban J connectivity index is 1.85. The topological polar surface area (TPSA) is 38.8 Å². The maximum Gasteiger partial charge on any atom is 0.327 e. The van der Waals surface area contributed by atoms with Crippen LogP contribution in [0.5, 0.6) is 0 Å². The average Bonchev–Trinajstić information content (AvgIpc) is 3.20. The molecule has 1 aromatic carbocycles. The van der Waals surface area contributed by atoms with Crippen molar-refractivity contribution in [3.05, 3.63) is 57.2 Å². The molecule has 1 aromatic heterocycles. The van der Waals surface area contributed by atoms with E-state index < -0.39 is 6.04 Å². The normalized spacial score (nSPS) is 20.0. The molecular weight excluding hydrogens is 322 g/mol. The van der Waals surface area contributed by atoms with Crippen LogP contribution >= 0.6 is 22.9 Å². The van der Waals surface area contributed by atoms with E-state index in [-0.39, 0.29) is 12.1 Å². The Kier molecular flexibility index (Phi) is 4.78. The van der Waals surface area contributed by atoms with E-state index in [2.05, 4.69) is 0 Å². The molecule has 1 aliphatic rings. The van der Waals surface area contributed by atoms with Crippen LogP contribution in [-0.4, -0.2) is 31.3 Å². The van der Waals surface area contributed by atoms with Crippen LogP contribution in [0.15, 0.2) is 41.8 Å². The molecule has 1 unspecified atom stereocenters. The lowest BCUT2D eigenvalue weighted by Gasteiger charge is -2.25. The Morgan fingerprint density at radius 1 is 1.41 bits per heavy atom. The SMILES string of the molecule is COC(=O)[C@H](c1ccccc1Cl)N1COC(c2cccs2)C1. The fourth-order valence-corrected chi connectivity index (χ4v) is 3.62. The van der Waals surface area contributed by atoms with Crippen molar-refractivity contribution in [2.75, 3.05) is 20.4 Å². The molecule has 2 heterocycles. The van der Waals surface area contributed by atoms with Crippen molar-refractivity contribution in [1.82, 2.24) is 4.90 Å². The highest BCUT2D eigenvalue weighted by Gasteiger charge is 2.36. The number of thiophene rings is 1. The van der Waals surface area contributed by atoms with Gasteiger partial charge in [0.1, 0.15) is 18.9 Å². The molecule has 1 saturated heterocycles. The van der Waals surface area contributed by atoms with Crippen LogP contribution in [0.4, 0.5) is 0 Å². The van der Waals surface area contributed by atoms with Gasteiger partial charge in [-0.2, -0.15) is 0 Å². The van der Waals surface area contributed by atoms with Crippen molar-refractivity contribution in [2.45, 2.75) is 12.1 Å². The molecule has 0 bridgehead atoms. The fourth-order valence-electron chi connectivity index (χ4n) is 2.61. The molecule has 0 N–H and O–H groups in total. The monoisotopic (exact) mass is 337 g/mol. The first-order chi connectivity index (χ1) is 10.7. The summed E-state index contributed by atoms with van der Waals surface area (Å²) in [5.41, 5.74) is 0.742. The molecule has 0 radical (unpaired) electrons. The summed E-state index contributed by atoms with van der Waals surface area (Å²) in [6, 6.07) is 10.8. The van der Waals surface area contributed by atoms with Crippen LogP contribution in [0.25, 0.3) is 0 Å². The van der Waals surface area contributed by atoms with Crippen molar-refractivity contribution in [1.29, 1.82) is 0 Å². The number of methoxy groups -OCH3 is 1. The minimum absolute atomic E-state index is 0.0188. The number of nitrogens with zero attached hydrogens (tertiary/aromatic N) is 1. The molecule has 2 aromatic rings. The summed E-state index contributed by atoms with van der Waals surface area (Å²) < 4.78 is 10.8. The molecule has 0 amide bonds. The van der Waals surface area contributed by atoms with Crippen LogP contribution < -0.4 is 0 Å². The Morgan fingerprint density at radius 3 is 2.91 bits per heavy atom. The zero-order chi connectivity index (χ0) is 15.5. The number of carbonyl (C=O) groups is 1. The van der Waals surface area contributed by atoms with Gasteiger partial charge in [-0.3, -0.25) is 4.90 Å². The molecule has 116 valence electrons. The smallest absolute Gasteiger partial charge is 0.327 e. The highest BCUT2D eigenvalue weighted by molar-refractivity contribution is 7.10. The zero-order valence-corrected chi connectivity index (χ0v) is 13.6. The summed E-state index contributed by atoms with van der Waals surface area (Å²) in [5.74, 6) is -0.330. The van der Waals surface area contributed by atoms with Crippen LogP contribution in [0.3, 0.4) is 0 Å². The first-order valence-electron chi connectivity index (χ1n) is 6.92. The molecular formula is C16H16ClNO3S. The van der Waals surface area contributed by atoms with E-state index in [4.69, 9.17) is 21.1 Å². The summed E-state index contributed by atoms with van der Waals surface area (Å²) in [5, 5.41) is 2.57. The minimum atomic E-state index is -0.552. The molecule has 2 atom stereocenters. The third-order valence-corrected chi connectivity index (χ3v) is 5.00. The van der Waals surface area contributed by atoms with E-state index in [9.17, 15) is 4.79 Å². The maximum atomic E-state index is 12.3. The largest absolute Gasteiger partial charge is 0.468 e. The van der Waals surface area contributed by atoms with Crippen LogP contribution in [0, 0.1) is 0 Å². The summed E-state index contributed by atoms with van der Waals surface area (Å²) >= 11 is 7.91. The predicted molar refractivity (Wildman–Crippen MR) is 85.9 cm³/mol. The lowest BCUT2D eigenvalue weighted by molar-refractivity contribution is -0.147. The van der Waals surface area contributed by atoms with Gasteiger partial charge in [-0.15, -0.1) is 11.3 Å². The van der Waals surface area contributed by atoms with Crippen molar-refractivity contribution < 1.29 is 14.3 Å². The highest BCUT2D eigenvalue weighted by Crippen LogP contribution is 2.35. The Bertz CT molecular complexity index is 647. The molecule has 3 rings (SSSR count). The van der Waals surface area contributed by atoms with E-state index >= 15 is 0 Å². The standard InChI is InChI=1S/C16H16ClNO3S/c1-20-16(19)15(11-5-2-3-6-12(11)17)18-9-13(21-10-18)14-7-4-8-22-14/h2-8,13,15H,9-10H2,1H3/t13?,15-/m0/s1. The minimum Gasteiger partial charge on any atom is -0.468 e. The first kappa shape index (κ1) is 15.5. The van der Waals surface area contributed by atoms with Crippen LogP contribution in [0.1, 0.15) is 22.6 Å². The molecule has 1 aliphatic heterocycles. The number of esters is 1. The summed E-state index contributed by atoms with van der Waals surface area (Å²) in [6.07, 6.45) is -0.0188. The Labute approximate surface area is 138 Å². The number of halogens is 1. The van der Waals surface area contributed by atoms with Gasteiger partial charge in [0.25, 0.3) is 0 Å².